The first-order valence-corrected chi connectivity index (χ1v) is 8.65. The molecule has 1 aromatic carbocycles. The van der Waals surface area contributed by atoms with Gasteiger partial charge in [0.15, 0.2) is 0 Å². The molecule has 0 aliphatic carbocycles. The summed E-state index contributed by atoms with van der Waals surface area (Å²) in [7, 11) is 0. The summed E-state index contributed by atoms with van der Waals surface area (Å²) in [5.74, 6) is 0.328. The number of aromatic nitrogens is 1. The Morgan fingerprint density at radius 3 is 3.08 bits per heavy atom. The molecule has 1 aromatic heterocycles. The number of carbonyl (C=O) groups excluding carboxylic acids is 1. The molecule has 2 atom stereocenters. The molecule has 5 rings (SSSR count). The zero-order chi connectivity index (χ0) is 16.3. The number of nitrogens with one attached hydrogen (secondary N) is 1. The van der Waals surface area contributed by atoms with E-state index in [9.17, 15) is 4.79 Å². The molecule has 122 valence electrons. The van der Waals surface area contributed by atoms with Crippen molar-refractivity contribution in [1.82, 2.24) is 9.88 Å². The number of piperidine rings is 1. The zero-order valence-electron chi connectivity index (χ0n) is 13.7. The molecule has 2 aromatic rings. The van der Waals surface area contributed by atoms with Crippen LogP contribution in [-0.4, -0.2) is 28.9 Å². The highest BCUT2D eigenvalue weighted by Crippen LogP contribution is 2.46. The predicted molar refractivity (Wildman–Crippen MR) is 92.4 cm³/mol. The molecule has 24 heavy (non-hydrogen) atoms. The van der Waals surface area contributed by atoms with Gasteiger partial charge in [-0.2, -0.15) is 0 Å². The molecule has 1 saturated heterocycles. The Morgan fingerprint density at radius 2 is 2.21 bits per heavy atom. The van der Waals surface area contributed by atoms with Crippen molar-refractivity contribution in [2.75, 3.05) is 13.2 Å². The number of aromatic amines is 1. The monoisotopic (exact) mass is 320 g/mol. The molecular formula is C20H20N2O2. The largest absolute Gasteiger partial charge is 0.496 e. The van der Waals surface area contributed by atoms with Crippen LogP contribution in [-0.2, 0) is 16.0 Å². The maximum Gasteiger partial charge on any atom is 0.254 e. The van der Waals surface area contributed by atoms with Gasteiger partial charge in [0, 0.05) is 29.1 Å². The van der Waals surface area contributed by atoms with E-state index in [1.807, 2.05) is 11.8 Å². The quantitative estimate of drug-likeness (QED) is 0.755. The fourth-order valence-electron chi connectivity index (χ4n) is 4.57. The average Bonchev–Trinajstić information content (AvgIpc) is 3.01. The second-order valence-electron chi connectivity index (χ2n) is 6.86. The van der Waals surface area contributed by atoms with Crippen molar-refractivity contribution in [3.8, 4) is 0 Å². The summed E-state index contributed by atoms with van der Waals surface area (Å²) in [6.07, 6.45) is 5.66. The molecule has 3 aliphatic rings. The van der Waals surface area contributed by atoms with Crippen LogP contribution in [0.4, 0.5) is 0 Å². The van der Waals surface area contributed by atoms with E-state index in [0.717, 1.165) is 25.0 Å². The number of allylic oxidation sites excluding steroid dienone is 1. The van der Waals surface area contributed by atoms with Gasteiger partial charge in [-0.25, -0.2) is 0 Å². The fourth-order valence-corrected chi connectivity index (χ4v) is 4.57. The Kier molecular flexibility index (Phi) is 2.90. The van der Waals surface area contributed by atoms with E-state index < -0.39 is 0 Å². The Labute approximate surface area is 140 Å². The van der Waals surface area contributed by atoms with Crippen LogP contribution >= 0.6 is 0 Å². The summed E-state index contributed by atoms with van der Waals surface area (Å²) in [5, 5.41) is 1.30. The summed E-state index contributed by atoms with van der Waals surface area (Å²) in [6.45, 7) is 3.42. The third kappa shape index (κ3) is 1.77. The maximum atomic E-state index is 13.0. The average molecular weight is 320 g/mol. The first-order valence-electron chi connectivity index (χ1n) is 8.65. The minimum Gasteiger partial charge on any atom is -0.496 e. The van der Waals surface area contributed by atoms with Gasteiger partial charge >= 0.3 is 0 Å². The van der Waals surface area contributed by atoms with Crippen molar-refractivity contribution in [1.29, 1.82) is 0 Å². The number of para-hydroxylation sites is 1. The Bertz CT molecular complexity index is 905. The Balaban J connectivity index is 1.64. The smallest absolute Gasteiger partial charge is 0.254 e. The topological polar surface area (TPSA) is 45.3 Å². The molecule has 0 saturated carbocycles. The van der Waals surface area contributed by atoms with Crippen LogP contribution in [0.2, 0.25) is 0 Å². The summed E-state index contributed by atoms with van der Waals surface area (Å²) < 4.78 is 5.52. The molecule has 1 fully saturated rings. The van der Waals surface area contributed by atoms with Crippen LogP contribution in [0.3, 0.4) is 0 Å². The number of ether oxygens (including phenoxy) is 1. The van der Waals surface area contributed by atoms with Gasteiger partial charge in [-0.05, 0) is 37.0 Å². The predicted octanol–water partition coefficient (Wildman–Crippen LogP) is 3.47. The van der Waals surface area contributed by atoms with Gasteiger partial charge < -0.3 is 14.6 Å². The molecule has 0 bridgehead atoms. The lowest BCUT2D eigenvalue weighted by molar-refractivity contribution is -0.133. The maximum absolute atomic E-state index is 13.0. The summed E-state index contributed by atoms with van der Waals surface area (Å²) in [6, 6.07) is 8.60. The number of nitrogens with zero attached hydrogens (tertiary/aromatic N) is 1. The second-order valence-corrected chi connectivity index (χ2v) is 6.86. The van der Waals surface area contributed by atoms with E-state index >= 15 is 0 Å². The SMILES string of the molecule is C/C=C1/COC=C2C(=O)N3CCc4c([nH]c5ccccc45)C3CC21. The number of fused-ring (bicyclic) bond motifs is 6. The number of hydrogen-bond donors (Lipinski definition) is 1. The summed E-state index contributed by atoms with van der Waals surface area (Å²) in [5.41, 5.74) is 5.85. The Morgan fingerprint density at radius 1 is 1.33 bits per heavy atom. The lowest BCUT2D eigenvalue weighted by Crippen LogP contribution is -2.47. The Hall–Kier alpha value is -2.49. The lowest BCUT2D eigenvalue weighted by Gasteiger charge is -2.44. The van der Waals surface area contributed by atoms with Crippen LogP contribution in [0.15, 0.2) is 47.7 Å². The molecule has 4 nitrogen and oxygen atoms in total. The number of benzene rings is 1. The van der Waals surface area contributed by atoms with Gasteiger partial charge in [0.05, 0.1) is 17.9 Å². The molecule has 0 spiro atoms. The van der Waals surface area contributed by atoms with Gasteiger partial charge in [0.2, 0.25) is 0 Å². The van der Waals surface area contributed by atoms with E-state index in [0.29, 0.717) is 6.61 Å². The van der Waals surface area contributed by atoms with Crippen molar-refractivity contribution in [2.24, 2.45) is 5.92 Å². The summed E-state index contributed by atoms with van der Waals surface area (Å²) >= 11 is 0. The van der Waals surface area contributed by atoms with Crippen LogP contribution in [0.5, 0.6) is 0 Å². The van der Waals surface area contributed by atoms with Crippen molar-refractivity contribution in [3.05, 3.63) is 59.0 Å². The van der Waals surface area contributed by atoms with Gasteiger partial charge in [-0.1, -0.05) is 24.3 Å². The molecule has 1 amide bonds. The molecule has 0 radical (unpaired) electrons. The minimum absolute atomic E-state index is 0.139. The van der Waals surface area contributed by atoms with Gasteiger partial charge in [0.25, 0.3) is 5.91 Å². The van der Waals surface area contributed by atoms with Crippen LogP contribution in [0, 0.1) is 5.92 Å². The number of carbonyl (C=O) groups is 1. The molecule has 4 heterocycles. The number of hydrogen-bond acceptors (Lipinski definition) is 2. The van der Waals surface area contributed by atoms with Gasteiger partial charge in [-0.3, -0.25) is 4.79 Å². The van der Waals surface area contributed by atoms with Crippen LogP contribution < -0.4 is 0 Å². The number of rotatable bonds is 0. The standard InChI is InChI=1S/C20H20N2O2/c1-2-12-10-24-11-16-15(12)9-18-19-14(7-8-22(18)20(16)23)13-5-3-4-6-17(13)21-19/h2-6,11,15,18,21H,7-10H2,1H3/b12-2-. The van der Waals surface area contributed by atoms with Gasteiger partial charge in [0.1, 0.15) is 6.61 Å². The molecule has 1 N–H and O–H groups in total. The molecule has 2 unspecified atom stereocenters. The second kappa shape index (κ2) is 5.00. The van der Waals surface area contributed by atoms with E-state index in [2.05, 4.69) is 35.3 Å². The fraction of sp³-hybridized carbons (Fsp3) is 0.350. The van der Waals surface area contributed by atoms with Crippen LogP contribution in [0.1, 0.15) is 30.6 Å². The normalized spacial score (nSPS) is 27.4. The third-order valence-corrected chi connectivity index (χ3v) is 5.78. The first-order chi connectivity index (χ1) is 11.8. The third-order valence-electron chi connectivity index (χ3n) is 5.78. The van der Waals surface area contributed by atoms with E-state index in [1.165, 1.54) is 27.7 Å². The lowest BCUT2D eigenvalue weighted by atomic mass is 9.77. The highest BCUT2D eigenvalue weighted by atomic mass is 16.5. The minimum atomic E-state index is 0.139. The molecular weight excluding hydrogens is 300 g/mol. The molecule has 3 aliphatic heterocycles. The number of amides is 1. The number of H-pyrrole nitrogens is 1. The van der Waals surface area contributed by atoms with E-state index in [1.54, 1.807) is 6.26 Å². The van der Waals surface area contributed by atoms with Crippen molar-refractivity contribution < 1.29 is 9.53 Å². The van der Waals surface area contributed by atoms with Crippen molar-refractivity contribution >= 4 is 16.8 Å². The van der Waals surface area contributed by atoms with Gasteiger partial charge in [-0.15, -0.1) is 0 Å². The zero-order valence-corrected chi connectivity index (χ0v) is 13.7. The van der Waals surface area contributed by atoms with Crippen LogP contribution in [0.25, 0.3) is 10.9 Å². The van der Waals surface area contributed by atoms with E-state index in [4.69, 9.17) is 4.74 Å². The van der Waals surface area contributed by atoms with E-state index in [-0.39, 0.29) is 17.9 Å². The molecule has 4 heteroatoms. The van der Waals surface area contributed by atoms with Crippen molar-refractivity contribution in [3.63, 3.8) is 0 Å². The highest BCUT2D eigenvalue weighted by molar-refractivity contribution is 5.96. The van der Waals surface area contributed by atoms with Crippen molar-refractivity contribution in [2.45, 2.75) is 25.8 Å². The first kappa shape index (κ1) is 13.9. The summed E-state index contributed by atoms with van der Waals surface area (Å²) in [4.78, 5) is 18.6. The highest BCUT2D eigenvalue weighted by Gasteiger charge is 2.44.